The molecular weight excluding hydrogens is 228 g/mol. The van der Waals surface area contributed by atoms with Crippen molar-refractivity contribution in [2.75, 3.05) is 6.61 Å². The first kappa shape index (κ1) is 15.6. The third-order valence-corrected chi connectivity index (χ3v) is 3.15. The second-order valence-electron chi connectivity index (χ2n) is 4.26. The molecule has 0 saturated heterocycles. The van der Waals surface area contributed by atoms with Gasteiger partial charge in [0.25, 0.3) is 0 Å². The first-order valence-corrected chi connectivity index (χ1v) is 7.71. The molecule has 0 amide bonds. The molecule has 0 aliphatic carbocycles. The number of unbranched alkanes of at least 4 members (excludes halogenated alkanes) is 3. The van der Waals surface area contributed by atoms with Crippen LogP contribution in [0.25, 0.3) is 0 Å². The molecule has 96 valence electrons. The molecule has 0 spiro atoms. The van der Waals surface area contributed by atoms with E-state index in [-0.39, 0.29) is 17.9 Å². The summed E-state index contributed by atoms with van der Waals surface area (Å²) in [5, 5.41) is 0. The average Bonchev–Trinajstić information content (AvgIpc) is 2.14. The fraction of sp³-hybridized carbons (Fsp3) is 0.900. The van der Waals surface area contributed by atoms with E-state index in [1.807, 2.05) is 0 Å². The van der Waals surface area contributed by atoms with Crippen LogP contribution in [0, 0.1) is 5.92 Å². The highest BCUT2D eigenvalue weighted by atomic mass is 28.4. The Balaban J connectivity index is 3.26. The lowest BCUT2D eigenvalue weighted by molar-refractivity contribution is -0.147. The van der Waals surface area contributed by atoms with Crippen LogP contribution in [0.1, 0.15) is 39.5 Å². The Morgan fingerprint density at radius 3 is 2.19 bits per heavy atom. The summed E-state index contributed by atoms with van der Waals surface area (Å²) in [5.74, 6) is -0.280. The summed E-state index contributed by atoms with van der Waals surface area (Å²) in [6, 6.07) is 0.0821. The van der Waals surface area contributed by atoms with Crippen molar-refractivity contribution in [2.24, 2.45) is 5.92 Å². The normalized spacial score (nSPS) is 11.9. The largest absolute Gasteiger partial charge is 0.492 e. The highest BCUT2D eigenvalue weighted by Gasteiger charge is 2.25. The van der Waals surface area contributed by atoms with Crippen LogP contribution >= 0.6 is 0 Å². The van der Waals surface area contributed by atoms with E-state index in [0.717, 1.165) is 19.3 Å². The van der Waals surface area contributed by atoms with Gasteiger partial charge in [-0.1, -0.05) is 26.7 Å². The van der Waals surface area contributed by atoms with Gasteiger partial charge in [0.15, 0.2) is 0 Å². The smallest absolute Gasteiger partial charge is 0.465 e. The third kappa shape index (κ3) is 10.1. The lowest BCUT2D eigenvalue weighted by atomic mass is 10.2. The van der Waals surface area contributed by atoms with Crippen LogP contribution in [0.2, 0.25) is 6.04 Å². The van der Waals surface area contributed by atoms with Gasteiger partial charge in [0, 0.05) is 6.04 Å². The Morgan fingerprint density at radius 2 is 1.69 bits per heavy atom. The highest BCUT2D eigenvalue weighted by molar-refractivity contribution is 6.56. The Kier molecular flexibility index (Phi) is 7.57. The minimum atomic E-state index is -3.84. The second kappa shape index (κ2) is 7.78. The molecule has 0 rings (SSSR count). The van der Waals surface area contributed by atoms with E-state index in [9.17, 15) is 4.79 Å². The number of rotatable bonds is 8. The maximum atomic E-state index is 11.0. The molecular formula is C10H22O5Si. The number of hydrogen-bond donors (Lipinski definition) is 3. The summed E-state index contributed by atoms with van der Waals surface area (Å²) >= 11 is 0. The quantitative estimate of drug-likeness (QED) is 0.335. The van der Waals surface area contributed by atoms with Crippen LogP contribution in [-0.4, -0.2) is 35.8 Å². The molecule has 0 heterocycles. The number of carbonyl (C=O) groups excluding carboxylic acids is 1. The molecule has 0 aliphatic rings. The lowest BCUT2D eigenvalue weighted by Gasteiger charge is -2.09. The van der Waals surface area contributed by atoms with Gasteiger partial charge in [-0.3, -0.25) is 4.79 Å². The molecule has 0 fully saturated rings. The summed E-state index contributed by atoms with van der Waals surface area (Å²) in [7, 11) is -3.84. The summed E-state index contributed by atoms with van der Waals surface area (Å²) in [6.45, 7) is 3.99. The van der Waals surface area contributed by atoms with Crippen molar-refractivity contribution in [3.63, 3.8) is 0 Å². The lowest BCUT2D eigenvalue weighted by Crippen LogP contribution is -2.33. The molecule has 16 heavy (non-hydrogen) atoms. The van der Waals surface area contributed by atoms with Crippen LogP contribution in [0.15, 0.2) is 0 Å². The minimum Gasteiger partial charge on any atom is -0.465 e. The fourth-order valence-corrected chi connectivity index (χ4v) is 1.88. The molecule has 0 radical (unpaired) electrons. The molecule has 0 atom stereocenters. The summed E-state index contributed by atoms with van der Waals surface area (Å²) in [6.07, 6.45) is 3.02. The van der Waals surface area contributed by atoms with Crippen molar-refractivity contribution in [3.05, 3.63) is 0 Å². The van der Waals surface area contributed by atoms with E-state index in [2.05, 4.69) is 0 Å². The van der Waals surface area contributed by atoms with E-state index in [1.54, 1.807) is 13.8 Å². The van der Waals surface area contributed by atoms with Gasteiger partial charge in [-0.25, -0.2) is 0 Å². The van der Waals surface area contributed by atoms with E-state index in [1.165, 1.54) is 0 Å². The van der Waals surface area contributed by atoms with Gasteiger partial charge in [-0.2, -0.15) is 0 Å². The Hall–Kier alpha value is -0.433. The van der Waals surface area contributed by atoms with Gasteiger partial charge in [0.05, 0.1) is 12.5 Å². The Labute approximate surface area is 97.4 Å². The van der Waals surface area contributed by atoms with Gasteiger partial charge >= 0.3 is 14.8 Å². The molecule has 0 unspecified atom stereocenters. The zero-order chi connectivity index (χ0) is 12.6. The van der Waals surface area contributed by atoms with Gasteiger partial charge < -0.3 is 19.1 Å². The van der Waals surface area contributed by atoms with Gasteiger partial charge in [0.1, 0.15) is 0 Å². The van der Waals surface area contributed by atoms with Crippen molar-refractivity contribution >= 4 is 14.8 Å². The van der Waals surface area contributed by atoms with Crippen LogP contribution in [0.3, 0.4) is 0 Å². The Morgan fingerprint density at radius 1 is 1.12 bits per heavy atom. The molecule has 0 aromatic carbocycles. The first-order chi connectivity index (χ1) is 7.33. The molecule has 0 aliphatic heterocycles. The molecule has 0 saturated carbocycles. The molecule has 3 N–H and O–H groups in total. The minimum absolute atomic E-state index is 0.0821. The van der Waals surface area contributed by atoms with Crippen LogP contribution in [0.4, 0.5) is 0 Å². The maximum absolute atomic E-state index is 11.0. The zero-order valence-corrected chi connectivity index (χ0v) is 11.0. The van der Waals surface area contributed by atoms with Crippen molar-refractivity contribution in [1.29, 1.82) is 0 Å². The number of esters is 1. The summed E-state index contributed by atoms with van der Waals surface area (Å²) < 4.78 is 4.97. The molecule has 5 nitrogen and oxygen atoms in total. The molecule has 0 bridgehead atoms. The summed E-state index contributed by atoms with van der Waals surface area (Å²) in [4.78, 5) is 37.3. The van der Waals surface area contributed by atoms with Crippen LogP contribution in [-0.2, 0) is 9.53 Å². The van der Waals surface area contributed by atoms with E-state index in [4.69, 9.17) is 19.1 Å². The number of hydrogen-bond acceptors (Lipinski definition) is 5. The monoisotopic (exact) mass is 250 g/mol. The number of ether oxygens (including phenoxy) is 1. The molecule has 0 aromatic heterocycles. The molecule has 0 aromatic rings. The van der Waals surface area contributed by atoms with Crippen molar-refractivity contribution in [2.45, 2.75) is 45.6 Å². The van der Waals surface area contributed by atoms with E-state index < -0.39 is 8.80 Å². The zero-order valence-electron chi connectivity index (χ0n) is 9.98. The van der Waals surface area contributed by atoms with Gasteiger partial charge in [-0.05, 0) is 12.8 Å². The predicted molar refractivity (Wildman–Crippen MR) is 61.5 cm³/mol. The Bertz CT molecular complexity index is 200. The summed E-state index contributed by atoms with van der Waals surface area (Å²) in [5.41, 5.74) is 0. The van der Waals surface area contributed by atoms with Crippen molar-refractivity contribution in [1.82, 2.24) is 0 Å². The van der Waals surface area contributed by atoms with Crippen LogP contribution < -0.4 is 0 Å². The SMILES string of the molecule is CC(C)C(=O)OCCCCCC[Si](O)(O)O. The van der Waals surface area contributed by atoms with Crippen molar-refractivity contribution in [3.8, 4) is 0 Å². The second-order valence-corrected chi connectivity index (χ2v) is 6.31. The third-order valence-electron chi connectivity index (χ3n) is 2.12. The van der Waals surface area contributed by atoms with E-state index >= 15 is 0 Å². The van der Waals surface area contributed by atoms with Gasteiger partial charge in [0.2, 0.25) is 0 Å². The van der Waals surface area contributed by atoms with Gasteiger partial charge in [-0.15, -0.1) is 0 Å². The maximum Gasteiger partial charge on any atom is 0.492 e. The standard InChI is InChI=1S/C10H22O5Si/c1-9(2)10(11)15-7-5-3-4-6-8-16(12,13)14/h9,12-14H,3-8H2,1-2H3. The molecule has 6 heteroatoms. The highest BCUT2D eigenvalue weighted by Crippen LogP contribution is 2.08. The number of carbonyl (C=O) groups is 1. The fourth-order valence-electron chi connectivity index (χ4n) is 1.16. The average molecular weight is 250 g/mol. The first-order valence-electron chi connectivity index (χ1n) is 5.66. The van der Waals surface area contributed by atoms with Crippen LogP contribution in [0.5, 0.6) is 0 Å². The van der Waals surface area contributed by atoms with E-state index in [0.29, 0.717) is 13.0 Å². The topological polar surface area (TPSA) is 87.0 Å². The predicted octanol–water partition coefficient (Wildman–Crippen LogP) is 0.662. The van der Waals surface area contributed by atoms with Crippen molar-refractivity contribution < 1.29 is 23.9 Å².